The van der Waals surface area contributed by atoms with Gasteiger partial charge < -0.3 is 10.2 Å². The van der Waals surface area contributed by atoms with Crippen molar-refractivity contribution >= 4 is 11.7 Å². The van der Waals surface area contributed by atoms with Crippen LogP contribution in [0.15, 0.2) is 12.4 Å². The summed E-state index contributed by atoms with van der Waals surface area (Å²) < 4.78 is 0. The van der Waals surface area contributed by atoms with E-state index in [1.165, 1.54) is 44.9 Å². The first-order valence-corrected chi connectivity index (χ1v) is 8.54. The molecule has 122 valence electrons. The van der Waals surface area contributed by atoms with Crippen LogP contribution in [0.25, 0.3) is 0 Å². The Bertz CT molecular complexity index is 469. The van der Waals surface area contributed by atoms with E-state index in [9.17, 15) is 4.79 Å². The fraction of sp³-hybridized carbons (Fsp3) is 0.706. The van der Waals surface area contributed by atoms with Crippen molar-refractivity contribution in [1.29, 1.82) is 0 Å². The molecule has 0 spiro atoms. The lowest BCUT2D eigenvalue weighted by molar-refractivity contribution is 0.0787. The van der Waals surface area contributed by atoms with Crippen LogP contribution in [0.2, 0.25) is 0 Å². The number of unbranched alkanes of at least 4 members (excludes halogenated alkanes) is 1. The van der Waals surface area contributed by atoms with Crippen molar-refractivity contribution in [2.45, 2.75) is 64.3 Å². The highest BCUT2D eigenvalue weighted by molar-refractivity contribution is 5.92. The highest BCUT2D eigenvalue weighted by atomic mass is 16.2. The molecule has 1 aromatic heterocycles. The van der Waals surface area contributed by atoms with Crippen LogP contribution in [0.5, 0.6) is 0 Å². The molecule has 5 heteroatoms. The van der Waals surface area contributed by atoms with E-state index in [1.54, 1.807) is 11.0 Å². The van der Waals surface area contributed by atoms with Crippen molar-refractivity contribution in [3.8, 4) is 0 Å². The van der Waals surface area contributed by atoms with E-state index < -0.39 is 0 Å². The van der Waals surface area contributed by atoms with E-state index >= 15 is 0 Å². The zero-order valence-corrected chi connectivity index (χ0v) is 13.8. The number of hydrogen-bond donors (Lipinski definition) is 1. The molecular formula is C17H28N4O. The van der Waals surface area contributed by atoms with Crippen LogP contribution in [0.4, 0.5) is 5.82 Å². The summed E-state index contributed by atoms with van der Waals surface area (Å²) in [5.41, 5.74) is 0.477. The second-order valence-corrected chi connectivity index (χ2v) is 6.20. The van der Waals surface area contributed by atoms with Gasteiger partial charge in [-0.1, -0.05) is 39.0 Å². The number of hydrogen-bond acceptors (Lipinski definition) is 4. The fourth-order valence-corrected chi connectivity index (χ4v) is 2.88. The maximum atomic E-state index is 12.4. The lowest BCUT2D eigenvalue weighted by Gasteiger charge is -2.18. The number of carbonyl (C=O) groups is 1. The number of anilines is 1. The highest BCUT2D eigenvalue weighted by Gasteiger charge is 2.16. The number of carbonyl (C=O) groups excluding carboxylic acids is 1. The average molecular weight is 304 g/mol. The molecule has 0 aromatic carbocycles. The number of nitrogens with one attached hydrogen (secondary N) is 1. The first kappa shape index (κ1) is 16.7. The Kier molecular flexibility index (Phi) is 6.62. The van der Waals surface area contributed by atoms with Crippen molar-refractivity contribution in [1.82, 2.24) is 14.9 Å². The van der Waals surface area contributed by atoms with Gasteiger partial charge in [-0.25, -0.2) is 9.97 Å². The molecule has 0 aliphatic heterocycles. The third-order valence-corrected chi connectivity index (χ3v) is 4.29. The van der Waals surface area contributed by atoms with Gasteiger partial charge in [0.15, 0.2) is 0 Å². The Labute approximate surface area is 133 Å². The predicted molar refractivity (Wildman–Crippen MR) is 89.0 cm³/mol. The standard InChI is InChI=1S/C17H28N4O/c1-3-4-11-21(2)17(22)15-12-16(19-13-18-15)20-14-9-7-5-6-8-10-14/h12-14H,3-11H2,1-2H3,(H,18,19,20). The minimum Gasteiger partial charge on any atom is -0.367 e. The highest BCUT2D eigenvalue weighted by Crippen LogP contribution is 2.20. The molecule has 1 heterocycles. The number of aromatic nitrogens is 2. The summed E-state index contributed by atoms with van der Waals surface area (Å²) in [6, 6.07) is 2.26. The monoisotopic (exact) mass is 304 g/mol. The van der Waals surface area contributed by atoms with Gasteiger partial charge in [-0.05, 0) is 19.3 Å². The Morgan fingerprint density at radius 2 is 2.00 bits per heavy atom. The molecule has 0 bridgehead atoms. The van der Waals surface area contributed by atoms with Gasteiger partial charge in [0.1, 0.15) is 17.8 Å². The zero-order valence-electron chi connectivity index (χ0n) is 13.8. The van der Waals surface area contributed by atoms with Gasteiger partial charge in [0.05, 0.1) is 0 Å². The number of amides is 1. The van der Waals surface area contributed by atoms with E-state index in [0.29, 0.717) is 11.7 Å². The summed E-state index contributed by atoms with van der Waals surface area (Å²) in [6.07, 6.45) is 11.1. The molecule has 1 amide bonds. The number of rotatable bonds is 6. The van der Waals surface area contributed by atoms with Crippen LogP contribution in [0.1, 0.15) is 68.8 Å². The largest absolute Gasteiger partial charge is 0.367 e. The van der Waals surface area contributed by atoms with E-state index in [4.69, 9.17) is 0 Å². The van der Waals surface area contributed by atoms with Crippen LogP contribution in [-0.4, -0.2) is 40.4 Å². The summed E-state index contributed by atoms with van der Waals surface area (Å²) in [7, 11) is 1.83. The minimum absolute atomic E-state index is 0.0280. The molecule has 0 saturated heterocycles. The van der Waals surface area contributed by atoms with E-state index in [-0.39, 0.29) is 5.91 Å². The third kappa shape index (κ3) is 4.97. The molecule has 1 fully saturated rings. The minimum atomic E-state index is -0.0280. The van der Waals surface area contributed by atoms with Gasteiger partial charge in [0.2, 0.25) is 0 Å². The van der Waals surface area contributed by atoms with Gasteiger partial charge in [0.25, 0.3) is 5.91 Å². The first-order chi connectivity index (χ1) is 10.7. The molecule has 1 saturated carbocycles. The Morgan fingerprint density at radius 3 is 2.68 bits per heavy atom. The van der Waals surface area contributed by atoms with Crippen LogP contribution in [0, 0.1) is 0 Å². The first-order valence-electron chi connectivity index (χ1n) is 8.54. The van der Waals surface area contributed by atoms with Gasteiger partial charge >= 0.3 is 0 Å². The topological polar surface area (TPSA) is 58.1 Å². The lowest BCUT2D eigenvalue weighted by Crippen LogP contribution is -2.28. The molecule has 1 aliphatic rings. The van der Waals surface area contributed by atoms with Gasteiger partial charge in [-0.15, -0.1) is 0 Å². The van der Waals surface area contributed by atoms with Gasteiger partial charge in [-0.3, -0.25) is 4.79 Å². The summed E-state index contributed by atoms with van der Waals surface area (Å²) in [4.78, 5) is 22.5. The van der Waals surface area contributed by atoms with E-state index in [1.807, 2.05) is 7.05 Å². The Hall–Kier alpha value is -1.65. The molecular weight excluding hydrogens is 276 g/mol. The molecule has 5 nitrogen and oxygen atoms in total. The summed E-state index contributed by atoms with van der Waals surface area (Å²) in [5, 5.41) is 3.48. The smallest absolute Gasteiger partial charge is 0.272 e. The molecule has 1 aliphatic carbocycles. The molecule has 1 aromatic rings. The maximum absolute atomic E-state index is 12.4. The summed E-state index contributed by atoms with van der Waals surface area (Å²) >= 11 is 0. The second-order valence-electron chi connectivity index (χ2n) is 6.20. The average Bonchev–Trinajstić information content (AvgIpc) is 2.80. The van der Waals surface area contributed by atoms with Crippen LogP contribution in [-0.2, 0) is 0 Å². The summed E-state index contributed by atoms with van der Waals surface area (Å²) in [6.45, 7) is 2.89. The van der Waals surface area contributed by atoms with Crippen LogP contribution in [0.3, 0.4) is 0 Å². The van der Waals surface area contributed by atoms with Gasteiger partial charge in [0, 0.05) is 25.7 Å². The summed E-state index contributed by atoms with van der Waals surface area (Å²) in [5.74, 6) is 0.744. The maximum Gasteiger partial charge on any atom is 0.272 e. The van der Waals surface area contributed by atoms with Crippen molar-refractivity contribution in [3.05, 3.63) is 18.1 Å². The molecule has 1 N–H and O–H groups in total. The Balaban J connectivity index is 1.98. The van der Waals surface area contributed by atoms with Crippen molar-refractivity contribution in [2.75, 3.05) is 18.9 Å². The SMILES string of the molecule is CCCCN(C)C(=O)c1cc(NC2CCCCCC2)ncn1. The second kappa shape index (κ2) is 8.71. The zero-order chi connectivity index (χ0) is 15.8. The molecule has 0 radical (unpaired) electrons. The number of nitrogens with zero attached hydrogens (tertiary/aromatic N) is 3. The quantitative estimate of drug-likeness (QED) is 0.817. The molecule has 0 unspecified atom stereocenters. The predicted octanol–water partition coefficient (Wildman–Crippen LogP) is 3.48. The molecule has 2 rings (SSSR count). The van der Waals surface area contributed by atoms with Crippen molar-refractivity contribution in [3.63, 3.8) is 0 Å². The van der Waals surface area contributed by atoms with Crippen molar-refractivity contribution in [2.24, 2.45) is 0 Å². The van der Waals surface area contributed by atoms with Crippen LogP contribution < -0.4 is 5.32 Å². The van der Waals surface area contributed by atoms with E-state index in [2.05, 4.69) is 22.2 Å². The van der Waals surface area contributed by atoms with Crippen LogP contribution >= 0.6 is 0 Å². The molecule has 0 atom stereocenters. The van der Waals surface area contributed by atoms with Crippen molar-refractivity contribution < 1.29 is 4.79 Å². The third-order valence-electron chi connectivity index (χ3n) is 4.29. The lowest BCUT2D eigenvalue weighted by atomic mass is 10.1. The normalized spacial score (nSPS) is 16.1. The van der Waals surface area contributed by atoms with E-state index in [0.717, 1.165) is 25.2 Å². The molecule has 22 heavy (non-hydrogen) atoms. The Morgan fingerprint density at radius 1 is 1.27 bits per heavy atom. The fourth-order valence-electron chi connectivity index (χ4n) is 2.88. The van der Waals surface area contributed by atoms with Gasteiger partial charge in [-0.2, -0.15) is 0 Å².